The maximum atomic E-state index is 12.8. The van der Waals surface area contributed by atoms with E-state index in [-0.39, 0.29) is 31.1 Å². The molecule has 0 aliphatic heterocycles. The van der Waals surface area contributed by atoms with Crippen molar-refractivity contribution in [2.75, 3.05) is 13.2 Å². The lowest BCUT2D eigenvalue weighted by molar-refractivity contribution is -0.167. The van der Waals surface area contributed by atoms with E-state index < -0.39 is 6.10 Å². The smallest absolute Gasteiger partial charge is 0.306 e. The Bertz CT molecular complexity index is 1620. The van der Waals surface area contributed by atoms with Crippen molar-refractivity contribution in [3.05, 3.63) is 134 Å². The average molecular weight is 1040 g/mol. The van der Waals surface area contributed by atoms with Crippen LogP contribution in [-0.2, 0) is 28.6 Å². The lowest BCUT2D eigenvalue weighted by Crippen LogP contribution is -2.30. The molecular formula is C69H112O6. The van der Waals surface area contributed by atoms with Gasteiger partial charge in [0, 0.05) is 19.3 Å². The number of carbonyl (C=O) groups is 3. The van der Waals surface area contributed by atoms with Gasteiger partial charge in [-0.2, -0.15) is 0 Å². The van der Waals surface area contributed by atoms with Gasteiger partial charge in [0.2, 0.25) is 0 Å². The van der Waals surface area contributed by atoms with Crippen molar-refractivity contribution in [3.8, 4) is 0 Å². The van der Waals surface area contributed by atoms with Gasteiger partial charge in [0.25, 0.3) is 0 Å². The number of unbranched alkanes of at least 4 members (excludes halogenated alkanes) is 21. The fourth-order valence-electron chi connectivity index (χ4n) is 8.06. The zero-order valence-electron chi connectivity index (χ0n) is 48.5. The van der Waals surface area contributed by atoms with Crippen LogP contribution in [0.5, 0.6) is 0 Å². The molecule has 1 unspecified atom stereocenters. The Labute approximate surface area is 462 Å². The molecule has 0 aliphatic rings. The van der Waals surface area contributed by atoms with Gasteiger partial charge in [0.15, 0.2) is 6.10 Å². The summed E-state index contributed by atoms with van der Waals surface area (Å²) in [7, 11) is 0. The highest BCUT2D eigenvalue weighted by atomic mass is 16.6. The first-order valence-electron chi connectivity index (χ1n) is 30.7. The van der Waals surface area contributed by atoms with E-state index in [1.807, 2.05) is 0 Å². The Hall–Kier alpha value is -4.45. The minimum absolute atomic E-state index is 0.0914. The Morgan fingerprint density at radius 1 is 0.280 bits per heavy atom. The van der Waals surface area contributed by atoms with Crippen LogP contribution in [-0.4, -0.2) is 37.2 Å². The van der Waals surface area contributed by atoms with Crippen molar-refractivity contribution in [2.45, 2.75) is 271 Å². The van der Waals surface area contributed by atoms with Crippen LogP contribution in [0.3, 0.4) is 0 Å². The second-order valence-corrected chi connectivity index (χ2v) is 19.9. The Morgan fingerprint density at radius 2 is 0.547 bits per heavy atom. The lowest BCUT2D eigenvalue weighted by Gasteiger charge is -2.18. The second kappa shape index (κ2) is 62.1. The van der Waals surface area contributed by atoms with E-state index in [0.29, 0.717) is 19.3 Å². The van der Waals surface area contributed by atoms with Crippen LogP contribution in [0.4, 0.5) is 0 Å². The normalized spacial score (nSPS) is 13.1. The van der Waals surface area contributed by atoms with E-state index in [9.17, 15) is 14.4 Å². The van der Waals surface area contributed by atoms with E-state index in [1.165, 1.54) is 70.6 Å². The average Bonchev–Trinajstić information content (AvgIpc) is 3.41. The fourth-order valence-corrected chi connectivity index (χ4v) is 8.06. The molecular weight excluding hydrogens is 925 g/mol. The zero-order valence-corrected chi connectivity index (χ0v) is 48.5. The molecule has 0 spiro atoms. The number of hydrogen-bond acceptors (Lipinski definition) is 6. The van der Waals surface area contributed by atoms with Gasteiger partial charge in [-0.25, -0.2) is 0 Å². The summed E-state index contributed by atoms with van der Waals surface area (Å²) < 4.78 is 16.8. The van der Waals surface area contributed by atoms with Crippen LogP contribution in [0.25, 0.3) is 0 Å². The van der Waals surface area contributed by atoms with Gasteiger partial charge < -0.3 is 14.2 Å². The molecule has 75 heavy (non-hydrogen) atoms. The van der Waals surface area contributed by atoms with Crippen molar-refractivity contribution in [2.24, 2.45) is 0 Å². The third-order valence-corrected chi connectivity index (χ3v) is 12.6. The standard InChI is InChI=1S/C69H112O6/c1-4-7-10-13-16-19-22-24-25-26-27-28-29-30-31-32-33-34-35-36-37-38-39-40-41-42-43-44-45-46-48-50-53-56-59-62-68(71)74-65-66(64-73-67(70)61-58-55-52-49-21-18-15-12-9-6-3)75-69(72)63-60-57-54-51-47-23-20-17-14-11-8-5-2/h7,10,12,15-16,19,24-25,27-28,30-31,33-34,36-37,39-40,42-43,45-46,66H,4-6,8-9,11,13-14,17-18,20-23,26,29,32,35,38,41,44,47-65H2,1-3H3/b10-7-,15-12-,19-16-,25-24-,28-27-,31-30-,34-33-,37-36-,40-39-,43-42-,46-45-. The number of ether oxygens (including phenoxy) is 3. The van der Waals surface area contributed by atoms with Gasteiger partial charge in [0.1, 0.15) is 13.2 Å². The number of esters is 3. The maximum absolute atomic E-state index is 12.8. The van der Waals surface area contributed by atoms with E-state index in [4.69, 9.17) is 14.2 Å². The molecule has 424 valence electrons. The van der Waals surface area contributed by atoms with Crippen molar-refractivity contribution >= 4 is 17.9 Å². The summed E-state index contributed by atoms with van der Waals surface area (Å²) in [5, 5.41) is 0. The van der Waals surface area contributed by atoms with Gasteiger partial charge in [-0.1, -0.05) is 264 Å². The van der Waals surface area contributed by atoms with Crippen LogP contribution in [0, 0.1) is 0 Å². The lowest BCUT2D eigenvalue weighted by atomic mass is 10.0. The molecule has 0 bridgehead atoms. The summed E-state index contributed by atoms with van der Waals surface area (Å²) in [6.07, 6.45) is 87.5. The van der Waals surface area contributed by atoms with Crippen molar-refractivity contribution in [1.29, 1.82) is 0 Å². The molecule has 0 saturated carbocycles. The Kier molecular flexibility index (Phi) is 58.4. The highest BCUT2D eigenvalue weighted by molar-refractivity contribution is 5.71. The monoisotopic (exact) mass is 1040 g/mol. The first-order valence-corrected chi connectivity index (χ1v) is 30.7. The predicted octanol–water partition coefficient (Wildman–Crippen LogP) is 21.0. The maximum Gasteiger partial charge on any atom is 0.306 e. The van der Waals surface area contributed by atoms with E-state index in [2.05, 4.69) is 154 Å². The minimum Gasteiger partial charge on any atom is -0.462 e. The third-order valence-electron chi connectivity index (χ3n) is 12.6. The van der Waals surface area contributed by atoms with E-state index in [1.54, 1.807) is 0 Å². The second-order valence-electron chi connectivity index (χ2n) is 19.9. The fraction of sp³-hybridized carbons (Fsp3) is 0.638. The number of rotatable bonds is 54. The highest BCUT2D eigenvalue weighted by Crippen LogP contribution is 2.15. The highest BCUT2D eigenvalue weighted by Gasteiger charge is 2.19. The van der Waals surface area contributed by atoms with Gasteiger partial charge in [0.05, 0.1) is 0 Å². The molecule has 6 nitrogen and oxygen atoms in total. The molecule has 0 amide bonds. The molecule has 0 aromatic carbocycles. The van der Waals surface area contributed by atoms with Crippen LogP contribution >= 0.6 is 0 Å². The summed E-state index contributed by atoms with van der Waals surface area (Å²) in [5.74, 6) is -0.929. The molecule has 0 aliphatic carbocycles. The molecule has 0 rings (SSSR count). The summed E-state index contributed by atoms with van der Waals surface area (Å²) >= 11 is 0. The first kappa shape index (κ1) is 70.5. The largest absolute Gasteiger partial charge is 0.462 e. The topological polar surface area (TPSA) is 78.9 Å². The SMILES string of the molecule is CC/C=C\C/C=C\C/C=C\C/C=C\C/C=C\C/C=C\C/C=C\C/C=C\C/C=C\C/C=C\CCCCCCC(=O)OCC(COC(=O)CCCCCCC/C=C\CCC)OC(=O)CCCCCCCCCCCCCC. The number of allylic oxidation sites excluding steroid dienone is 22. The van der Waals surface area contributed by atoms with Crippen molar-refractivity contribution in [3.63, 3.8) is 0 Å². The molecule has 0 fully saturated rings. The molecule has 0 aromatic heterocycles. The van der Waals surface area contributed by atoms with Gasteiger partial charge in [-0.05, 0) is 116 Å². The van der Waals surface area contributed by atoms with E-state index in [0.717, 1.165) is 154 Å². The zero-order chi connectivity index (χ0) is 54.3. The Balaban J connectivity index is 4.23. The number of hydrogen-bond donors (Lipinski definition) is 0. The van der Waals surface area contributed by atoms with Crippen LogP contribution in [0.1, 0.15) is 265 Å². The van der Waals surface area contributed by atoms with Crippen molar-refractivity contribution < 1.29 is 28.6 Å². The van der Waals surface area contributed by atoms with Crippen LogP contribution in [0.15, 0.2) is 134 Å². The van der Waals surface area contributed by atoms with Crippen molar-refractivity contribution in [1.82, 2.24) is 0 Å². The summed E-state index contributed by atoms with van der Waals surface area (Å²) in [4.78, 5) is 38.0. The summed E-state index contributed by atoms with van der Waals surface area (Å²) in [5.41, 5.74) is 0. The molecule has 0 heterocycles. The van der Waals surface area contributed by atoms with Gasteiger partial charge >= 0.3 is 17.9 Å². The quantitative estimate of drug-likeness (QED) is 0.0261. The van der Waals surface area contributed by atoms with Crippen LogP contribution < -0.4 is 0 Å². The molecule has 0 radical (unpaired) electrons. The van der Waals surface area contributed by atoms with Gasteiger partial charge in [-0.15, -0.1) is 0 Å². The van der Waals surface area contributed by atoms with E-state index >= 15 is 0 Å². The molecule has 1 atom stereocenters. The third kappa shape index (κ3) is 60.3. The molecule has 0 saturated heterocycles. The molecule has 6 heteroatoms. The van der Waals surface area contributed by atoms with Crippen LogP contribution in [0.2, 0.25) is 0 Å². The molecule has 0 N–H and O–H groups in total. The minimum atomic E-state index is -0.792. The van der Waals surface area contributed by atoms with Gasteiger partial charge in [-0.3, -0.25) is 14.4 Å². The Morgan fingerprint density at radius 3 is 0.880 bits per heavy atom. The summed E-state index contributed by atoms with van der Waals surface area (Å²) in [6, 6.07) is 0. The summed E-state index contributed by atoms with van der Waals surface area (Å²) in [6.45, 7) is 6.42. The molecule has 0 aromatic rings. The first-order chi connectivity index (χ1) is 37.0. The predicted molar refractivity (Wildman–Crippen MR) is 325 cm³/mol. The number of carbonyl (C=O) groups excluding carboxylic acids is 3.